The van der Waals surface area contributed by atoms with Crippen molar-refractivity contribution >= 4 is 0 Å². The minimum Gasteiger partial charge on any atom is -0.478 e. The molecule has 2 aromatic rings. The van der Waals surface area contributed by atoms with Crippen LogP contribution in [0.25, 0.3) is 0 Å². The summed E-state index contributed by atoms with van der Waals surface area (Å²) in [4.78, 5) is 6.37. The highest BCUT2D eigenvalue weighted by Crippen LogP contribution is 2.24. The second-order valence-electron chi connectivity index (χ2n) is 4.59. The van der Waals surface area contributed by atoms with Crippen molar-refractivity contribution in [2.75, 3.05) is 13.3 Å². The van der Waals surface area contributed by atoms with Crippen molar-refractivity contribution < 1.29 is 4.74 Å². The third-order valence-electron chi connectivity index (χ3n) is 3.22. The molecule has 0 N–H and O–H groups in total. The summed E-state index contributed by atoms with van der Waals surface area (Å²) in [7, 11) is 0. The van der Waals surface area contributed by atoms with Crippen molar-refractivity contribution in [3.63, 3.8) is 0 Å². The van der Waals surface area contributed by atoms with E-state index < -0.39 is 0 Å². The lowest BCUT2D eigenvalue weighted by molar-refractivity contribution is 0.0930. The Morgan fingerprint density at radius 1 is 1.22 bits per heavy atom. The molecule has 1 aromatic carbocycles. The van der Waals surface area contributed by atoms with Crippen LogP contribution in [0.15, 0.2) is 43.0 Å². The second kappa shape index (κ2) is 5.23. The van der Waals surface area contributed by atoms with E-state index >= 15 is 0 Å². The Hall–Kier alpha value is -1.81. The van der Waals surface area contributed by atoms with Gasteiger partial charge in [0.1, 0.15) is 12.5 Å². The predicted molar refractivity (Wildman–Crippen MR) is 69.2 cm³/mol. The van der Waals surface area contributed by atoms with E-state index in [1.807, 2.05) is 30.9 Å². The van der Waals surface area contributed by atoms with Gasteiger partial charge in [0.2, 0.25) is 0 Å². The molecule has 4 nitrogen and oxygen atoms in total. The first-order chi connectivity index (χ1) is 8.92. The maximum Gasteiger partial charge on any atom is 0.142 e. The maximum atomic E-state index is 5.73. The summed E-state index contributed by atoms with van der Waals surface area (Å²) in [5.74, 6) is 1.03. The van der Waals surface area contributed by atoms with Crippen LogP contribution < -0.4 is 4.74 Å². The fourth-order valence-electron chi connectivity index (χ4n) is 2.26. The standard InChI is InChI=1S/C14H17N3O/c1-2-5-14-13(4-1)10-17(12-18-14)8-3-7-16-9-6-15-11-16/h1-2,4-6,9,11H,3,7-8,10,12H2. The molecule has 0 atom stereocenters. The van der Waals surface area contributed by atoms with Gasteiger partial charge in [0.25, 0.3) is 0 Å². The number of rotatable bonds is 4. The van der Waals surface area contributed by atoms with Gasteiger partial charge in [0.05, 0.1) is 6.33 Å². The van der Waals surface area contributed by atoms with Crippen molar-refractivity contribution in [1.29, 1.82) is 0 Å². The van der Waals surface area contributed by atoms with Crippen molar-refractivity contribution in [1.82, 2.24) is 14.5 Å². The average molecular weight is 243 g/mol. The van der Waals surface area contributed by atoms with Crippen LogP contribution >= 0.6 is 0 Å². The van der Waals surface area contributed by atoms with Gasteiger partial charge in [-0.2, -0.15) is 0 Å². The van der Waals surface area contributed by atoms with Gasteiger partial charge < -0.3 is 9.30 Å². The molecule has 1 aliphatic rings. The Balaban J connectivity index is 1.51. The van der Waals surface area contributed by atoms with Crippen LogP contribution in [0, 0.1) is 0 Å². The second-order valence-corrected chi connectivity index (χ2v) is 4.59. The first-order valence-electron chi connectivity index (χ1n) is 6.30. The molecule has 2 heterocycles. The van der Waals surface area contributed by atoms with Gasteiger partial charge in [-0.1, -0.05) is 18.2 Å². The van der Waals surface area contributed by atoms with E-state index in [4.69, 9.17) is 4.74 Å². The van der Waals surface area contributed by atoms with Gasteiger partial charge in [-0.05, 0) is 12.5 Å². The molecule has 1 aromatic heterocycles. The van der Waals surface area contributed by atoms with Gasteiger partial charge in [-0.25, -0.2) is 4.98 Å². The SMILES string of the molecule is c1ccc2c(c1)CN(CCCn1ccnc1)CO2. The fourth-order valence-corrected chi connectivity index (χ4v) is 2.26. The smallest absolute Gasteiger partial charge is 0.142 e. The van der Waals surface area contributed by atoms with Crippen molar-refractivity contribution in [3.8, 4) is 5.75 Å². The number of aryl methyl sites for hydroxylation is 1. The van der Waals surface area contributed by atoms with Crippen LogP contribution in [0.2, 0.25) is 0 Å². The summed E-state index contributed by atoms with van der Waals surface area (Å²) in [6.07, 6.45) is 6.80. The van der Waals surface area contributed by atoms with Gasteiger partial charge in [0, 0.05) is 37.6 Å². The summed E-state index contributed by atoms with van der Waals surface area (Å²) < 4.78 is 7.84. The summed E-state index contributed by atoms with van der Waals surface area (Å²) in [5.41, 5.74) is 1.28. The molecule has 0 aliphatic carbocycles. The van der Waals surface area contributed by atoms with Crippen LogP contribution in [0.5, 0.6) is 5.75 Å². The first-order valence-corrected chi connectivity index (χ1v) is 6.30. The molecule has 1 aliphatic heterocycles. The zero-order valence-corrected chi connectivity index (χ0v) is 10.3. The Labute approximate surface area is 107 Å². The van der Waals surface area contributed by atoms with E-state index in [2.05, 4.69) is 26.6 Å². The maximum absolute atomic E-state index is 5.73. The lowest BCUT2D eigenvalue weighted by atomic mass is 10.1. The normalized spacial score (nSPS) is 15.1. The van der Waals surface area contributed by atoms with Crippen LogP contribution in [0.3, 0.4) is 0 Å². The van der Waals surface area contributed by atoms with E-state index in [1.54, 1.807) is 0 Å². The average Bonchev–Trinajstić information content (AvgIpc) is 2.92. The predicted octanol–water partition coefficient (Wildman–Crippen LogP) is 2.13. The lowest BCUT2D eigenvalue weighted by Gasteiger charge is -2.28. The van der Waals surface area contributed by atoms with Crippen LogP contribution in [0.1, 0.15) is 12.0 Å². The topological polar surface area (TPSA) is 30.3 Å². The van der Waals surface area contributed by atoms with E-state index in [1.165, 1.54) is 5.56 Å². The van der Waals surface area contributed by atoms with E-state index in [-0.39, 0.29) is 0 Å². The number of ether oxygens (including phenoxy) is 1. The molecule has 0 amide bonds. The molecular weight excluding hydrogens is 226 g/mol. The number of fused-ring (bicyclic) bond motifs is 1. The van der Waals surface area contributed by atoms with Crippen LogP contribution in [-0.2, 0) is 13.1 Å². The van der Waals surface area contributed by atoms with Crippen LogP contribution in [0.4, 0.5) is 0 Å². The van der Waals surface area contributed by atoms with Crippen LogP contribution in [-0.4, -0.2) is 27.7 Å². The molecule has 0 saturated carbocycles. The Morgan fingerprint density at radius 3 is 3.06 bits per heavy atom. The number of nitrogens with zero attached hydrogens (tertiary/aromatic N) is 3. The largest absolute Gasteiger partial charge is 0.478 e. The highest BCUT2D eigenvalue weighted by Gasteiger charge is 2.15. The van der Waals surface area contributed by atoms with Gasteiger partial charge in [-0.15, -0.1) is 0 Å². The van der Waals surface area contributed by atoms with Gasteiger partial charge in [0.15, 0.2) is 0 Å². The number of hydrogen-bond acceptors (Lipinski definition) is 3. The van der Waals surface area contributed by atoms with Crippen molar-refractivity contribution in [2.45, 2.75) is 19.5 Å². The number of aromatic nitrogens is 2. The van der Waals surface area contributed by atoms with E-state index in [0.29, 0.717) is 6.73 Å². The zero-order valence-electron chi connectivity index (χ0n) is 10.3. The molecule has 0 spiro atoms. The molecular formula is C14H17N3O. The Kier molecular flexibility index (Phi) is 3.28. The molecule has 0 fully saturated rings. The summed E-state index contributed by atoms with van der Waals surface area (Å²) >= 11 is 0. The molecule has 3 rings (SSSR count). The van der Waals surface area contributed by atoms with Gasteiger partial charge in [-0.3, -0.25) is 4.90 Å². The van der Waals surface area contributed by atoms with Gasteiger partial charge >= 0.3 is 0 Å². The minimum atomic E-state index is 0.695. The van der Waals surface area contributed by atoms with E-state index in [9.17, 15) is 0 Å². The molecule has 0 unspecified atom stereocenters. The number of imidazole rings is 1. The molecule has 18 heavy (non-hydrogen) atoms. The van der Waals surface area contributed by atoms with E-state index in [0.717, 1.165) is 31.8 Å². The number of para-hydroxylation sites is 1. The number of benzene rings is 1. The van der Waals surface area contributed by atoms with Crippen molar-refractivity contribution in [3.05, 3.63) is 48.5 Å². The summed E-state index contributed by atoms with van der Waals surface area (Å²) in [5, 5.41) is 0. The Bertz CT molecular complexity index is 496. The molecule has 0 bridgehead atoms. The summed E-state index contributed by atoms with van der Waals surface area (Å²) in [6, 6.07) is 8.26. The fraction of sp³-hybridized carbons (Fsp3) is 0.357. The molecule has 0 radical (unpaired) electrons. The number of hydrogen-bond donors (Lipinski definition) is 0. The lowest BCUT2D eigenvalue weighted by Crippen LogP contribution is -2.33. The third kappa shape index (κ3) is 2.54. The molecule has 94 valence electrons. The Morgan fingerprint density at radius 2 is 2.17 bits per heavy atom. The molecule has 0 saturated heterocycles. The first kappa shape index (κ1) is 11.3. The minimum absolute atomic E-state index is 0.695. The quantitative estimate of drug-likeness (QED) is 0.824. The zero-order chi connectivity index (χ0) is 12.2. The third-order valence-corrected chi connectivity index (χ3v) is 3.22. The molecule has 4 heteroatoms. The van der Waals surface area contributed by atoms with Crippen molar-refractivity contribution in [2.24, 2.45) is 0 Å². The highest BCUT2D eigenvalue weighted by atomic mass is 16.5. The summed E-state index contributed by atoms with van der Waals surface area (Å²) in [6.45, 7) is 3.74. The monoisotopic (exact) mass is 243 g/mol. The highest BCUT2D eigenvalue weighted by molar-refractivity contribution is 5.34.